The van der Waals surface area contributed by atoms with Gasteiger partial charge in [0.15, 0.2) is 0 Å². The fraction of sp³-hybridized carbons (Fsp3) is 0.250. The van der Waals surface area contributed by atoms with Crippen LogP contribution in [0.1, 0.15) is 11.6 Å². The molecule has 1 nitrogen and oxygen atoms in total. The fourth-order valence-corrected chi connectivity index (χ4v) is 1.12. The van der Waals surface area contributed by atoms with Crippen molar-refractivity contribution in [1.82, 2.24) is 5.32 Å². The van der Waals surface area contributed by atoms with Crippen molar-refractivity contribution >= 4 is 11.6 Å². The lowest BCUT2D eigenvalue weighted by atomic mass is 10.2. The molecule has 1 saturated heterocycles. The summed E-state index contributed by atoms with van der Waals surface area (Å²) in [5, 5.41) is 4.04. The van der Waals surface area contributed by atoms with Crippen LogP contribution in [0.25, 0.3) is 0 Å². The van der Waals surface area contributed by atoms with E-state index in [0.29, 0.717) is 6.04 Å². The molecule has 1 aromatic carbocycles. The van der Waals surface area contributed by atoms with Crippen molar-refractivity contribution in [1.29, 1.82) is 0 Å². The number of benzene rings is 1. The Balaban J connectivity index is 2.28. The maximum Gasteiger partial charge on any atom is 0.0447 e. The summed E-state index contributed by atoms with van der Waals surface area (Å²) in [4.78, 5) is 0. The monoisotopic (exact) mass is 153 g/mol. The normalized spacial score (nSPS) is 22.7. The van der Waals surface area contributed by atoms with Crippen molar-refractivity contribution in [3.63, 3.8) is 0 Å². The van der Waals surface area contributed by atoms with E-state index in [0.717, 1.165) is 11.6 Å². The van der Waals surface area contributed by atoms with Gasteiger partial charge in [-0.2, -0.15) is 0 Å². The fourth-order valence-electron chi connectivity index (χ4n) is 0.990. The molecule has 1 atom stereocenters. The van der Waals surface area contributed by atoms with Gasteiger partial charge in [-0.3, -0.25) is 0 Å². The van der Waals surface area contributed by atoms with Crippen LogP contribution in [-0.2, 0) is 0 Å². The zero-order valence-electron chi connectivity index (χ0n) is 5.47. The highest BCUT2D eigenvalue weighted by Crippen LogP contribution is 2.22. The molecule has 1 aromatic rings. The van der Waals surface area contributed by atoms with Gasteiger partial charge in [0.1, 0.15) is 0 Å². The molecule has 0 aromatic heterocycles. The Morgan fingerprint density at radius 2 is 1.90 bits per heavy atom. The first-order valence-corrected chi connectivity index (χ1v) is 3.73. The van der Waals surface area contributed by atoms with Crippen molar-refractivity contribution in [2.24, 2.45) is 0 Å². The van der Waals surface area contributed by atoms with Gasteiger partial charge in [-0.25, -0.2) is 0 Å². The summed E-state index contributed by atoms with van der Waals surface area (Å²) in [7, 11) is 0. The number of hydrogen-bond acceptors (Lipinski definition) is 1. The molecule has 0 amide bonds. The minimum absolute atomic E-state index is 0.595. The molecule has 0 spiro atoms. The second-order valence-electron chi connectivity index (χ2n) is 2.51. The standard InChI is InChI=1S/C8H8ClN/c9-7-3-1-6(2-4-7)8-5-10-8/h1-4,8,10H,5H2. The van der Waals surface area contributed by atoms with Gasteiger partial charge >= 0.3 is 0 Å². The Kier molecular flexibility index (Phi) is 1.40. The van der Waals surface area contributed by atoms with Crippen LogP contribution in [0, 0.1) is 0 Å². The number of hydrogen-bond donors (Lipinski definition) is 1. The summed E-state index contributed by atoms with van der Waals surface area (Å²) in [6.45, 7) is 1.11. The van der Waals surface area contributed by atoms with Crippen LogP contribution < -0.4 is 5.32 Å². The predicted octanol–water partition coefficient (Wildman–Crippen LogP) is 1.98. The number of nitrogens with one attached hydrogen (secondary N) is 1. The van der Waals surface area contributed by atoms with Gasteiger partial charge in [0.25, 0.3) is 0 Å². The molecule has 0 radical (unpaired) electrons. The quantitative estimate of drug-likeness (QED) is 0.613. The molecule has 1 unspecified atom stereocenters. The van der Waals surface area contributed by atoms with E-state index in [9.17, 15) is 0 Å². The van der Waals surface area contributed by atoms with Crippen LogP contribution in [0.4, 0.5) is 0 Å². The number of halogens is 1. The summed E-state index contributed by atoms with van der Waals surface area (Å²) in [6.07, 6.45) is 0. The third-order valence-electron chi connectivity index (χ3n) is 1.68. The van der Waals surface area contributed by atoms with Gasteiger partial charge in [0, 0.05) is 17.6 Å². The highest BCUT2D eigenvalue weighted by molar-refractivity contribution is 6.30. The summed E-state index contributed by atoms with van der Waals surface area (Å²) in [6, 6.07) is 8.57. The second-order valence-corrected chi connectivity index (χ2v) is 2.95. The average Bonchev–Trinajstić information content (AvgIpc) is 2.71. The summed E-state index contributed by atoms with van der Waals surface area (Å²) >= 11 is 5.72. The summed E-state index contributed by atoms with van der Waals surface area (Å²) in [5.74, 6) is 0. The molecular weight excluding hydrogens is 146 g/mol. The van der Waals surface area contributed by atoms with E-state index >= 15 is 0 Å². The lowest BCUT2D eigenvalue weighted by Crippen LogP contribution is -1.81. The van der Waals surface area contributed by atoms with E-state index < -0.39 is 0 Å². The first kappa shape index (κ1) is 6.20. The largest absolute Gasteiger partial charge is 0.307 e. The lowest BCUT2D eigenvalue weighted by Gasteiger charge is -1.94. The van der Waals surface area contributed by atoms with Crippen LogP contribution in [0.2, 0.25) is 5.02 Å². The molecule has 1 fully saturated rings. The third-order valence-corrected chi connectivity index (χ3v) is 1.93. The predicted molar refractivity (Wildman–Crippen MR) is 42.2 cm³/mol. The van der Waals surface area contributed by atoms with Gasteiger partial charge in [-0.15, -0.1) is 0 Å². The maximum atomic E-state index is 5.72. The molecule has 1 heterocycles. The Bertz CT molecular complexity index is 226. The zero-order valence-corrected chi connectivity index (χ0v) is 6.23. The molecule has 2 heteroatoms. The highest BCUT2D eigenvalue weighted by Gasteiger charge is 2.21. The Labute approximate surface area is 65.0 Å². The Morgan fingerprint density at radius 3 is 2.40 bits per heavy atom. The Morgan fingerprint density at radius 1 is 1.30 bits per heavy atom. The van der Waals surface area contributed by atoms with Crippen LogP contribution in [0.5, 0.6) is 0 Å². The van der Waals surface area contributed by atoms with Gasteiger partial charge in [-0.05, 0) is 17.7 Å². The second kappa shape index (κ2) is 2.26. The molecule has 52 valence electrons. The highest BCUT2D eigenvalue weighted by atomic mass is 35.5. The van der Waals surface area contributed by atoms with Gasteiger partial charge in [0.05, 0.1) is 0 Å². The van der Waals surface area contributed by atoms with Crippen molar-refractivity contribution in [2.75, 3.05) is 6.54 Å². The van der Waals surface area contributed by atoms with Gasteiger partial charge < -0.3 is 5.32 Å². The molecule has 0 saturated carbocycles. The molecule has 0 bridgehead atoms. The van der Waals surface area contributed by atoms with E-state index in [-0.39, 0.29) is 0 Å². The minimum atomic E-state index is 0.595. The molecule has 10 heavy (non-hydrogen) atoms. The SMILES string of the molecule is Clc1ccc(C2CN2)cc1. The maximum absolute atomic E-state index is 5.72. The first-order chi connectivity index (χ1) is 4.86. The lowest BCUT2D eigenvalue weighted by molar-refractivity contribution is 1.08. The topological polar surface area (TPSA) is 21.9 Å². The van der Waals surface area contributed by atoms with E-state index in [2.05, 4.69) is 17.4 Å². The molecule has 1 aliphatic rings. The third kappa shape index (κ3) is 1.15. The van der Waals surface area contributed by atoms with Crippen molar-refractivity contribution < 1.29 is 0 Å². The molecule has 1 N–H and O–H groups in total. The van der Waals surface area contributed by atoms with Crippen LogP contribution in [-0.4, -0.2) is 6.54 Å². The van der Waals surface area contributed by atoms with Crippen molar-refractivity contribution in [3.05, 3.63) is 34.9 Å². The number of rotatable bonds is 1. The van der Waals surface area contributed by atoms with E-state index in [1.165, 1.54) is 5.56 Å². The first-order valence-electron chi connectivity index (χ1n) is 3.35. The summed E-state index contributed by atoms with van der Waals surface area (Å²) < 4.78 is 0. The van der Waals surface area contributed by atoms with E-state index in [1.54, 1.807) is 0 Å². The van der Waals surface area contributed by atoms with Gasteiger partial charge in [0.2, 0.25) is 0 Å². The van der Waals surface area contributed by atoms with Gasteiger partial charge in [-0.1, -0.05) is 23.7 Å². The van der Waals surface area contributed by atoms with Crippen molar-refractivity contribution in [3.8, 4) is 0 Å². The molecule has 0 aliphatic carbocycles. The smallest absolute Gasteiger partial charge is 0.0447 e. The molecule has 1 aliphatic heterocycles. The average molecular weight is 154 g/mol. The van der Waals surface area contributed by atoms with Crippen LogP contribution in [0.3, 0.4) is 0 Å². The Hall–Kier alpha value is -0.530. The summed E-state index contributed by atoms with van der Waals surface area (Å²) in [5.41, 5.74) is 1.34. The van der Waals surface area contributed by atoms with E-state index in [4.69, 9.17) is 11.6 Å². The molecular formula is C8H8ClN. The van der Waals surface area contributed by atoms with Crippen molar-refractivity contribution in [2.45, 2.75) is 6.04 Å². The van der Waals surface area contributed by atoms with E-state index in [1.807, 2.05) is 12.1 Å². The van der Waals surface area contributed by atoms with Crippen LogP contribution in [0.15, 0.2) is 24.3 Å². The molecule has 2 rings (SSSR count). The van der Waals surface area contributed by atoms with Crippen LogP contribution >= 0.6 is 11.6 Å². The zero-order chi connectivity index (χ0) is 6.97. The minimum Gasteiger partial charge on any atom is -0.307 e.